The monoisotopic (exact) mass is 261 g/mol. The first-order valence-corrected chi connectivity index (χ1v) is 7.53. The van der Waals surface area contributed by atoms with E-state index < -0.39 is 0 Å². The number of likely N-dealkylation sites (tertiary alicyclic amines) is 1. The summed E-state index contributed by atoms with van der Waals surface area (Å²) in [6.07, 6.45) is 7.88. The maximum atomic E-state index is 12.6. The third-order valence-corrected chi connectivity index (χ3v) is 4.34. The standard InChI is InChI=1S/C15H23N3O/c19-15(17-10-2-1-3-11-17)14-5-4-12-18(14)13-6-8-16-9-7-13/h4-5,12-13,16H,1-3,6-11H2. The van der Waals surface area contributed by atoms with Crippen LogP contribution in [0.1, 0.15) is 48.6 Å². The average molecular weight is 261 g/mol. The molecule has 1 amide bonds. The topological polar surface area (TPSA) is 37.3 Å². The van der Waals surface area contributed by atoms with Gasteiger partial charge in [-0.3, -0.25) is 4.79 Å². The van der Waals surface area contributed by atoms with E-state index in [1.54, 1.807) is 0 Å². The second kappa shape index (κ2) is 5.78. The van der Waals surface area contributed by atoms with Crippen molar-refractivity contribution in [1.29, 1.82) is 0 Å². The minimum absolute atomic E-state index is 0.225. The van der Waals surface area contributed by atoms with Crippen LogP contribution in [0, 0.1) is 0 Å². The fourth-order valence-electron chi connectivity index (χ4n) is 3.24. The predicted octanol–water partition coefficient (Wildman–Crippen LogP) is 2.04. The molecule has 3 rings (SSSR count). The van der Waals surface area contributed by atoms with Crippen LogP contribution >= 0.6 is 0 Å². The Labute approximate surface area is 114 Å². The van der Waals surface area contributed by atoms with E-state index in [1.807, 2.05) is 17.0 Å². The maximum absolute atomic E-state index is 12.6. The highest BCUT2D eigenvalue weighted by Crippen LogP contribution is 2.23. The van der Waals surface area contributed by atoms with Crippen molar-refractivity contribution in [3.8, 4) is 0 Å². The lowest BCUT2D eigenvalue weighted by atomic mass is 10.1. The molecule has 19 heavy (non-hydrogen) atoms. The molecular weight excluding hydrogens is 238 g/mol. The van der Waals surface area contributed by atoms with Gasteiger partial charge in [0.15, 0.2) is 0 Å². The van der Waals surface area contributed by atoms with E-state index in [4.69, 9.17) is 0 Å². The third-order valence-electron chi connectivity index (χ3n) is 4.34. The Morgan fingerprint density at radius 2 is 1.89 bits per heavy atom. The van der Waals surface area contributed by atoms with Gasteiger partial charge < -0.3 is 14.8 Å². The van der Waals surface area contributed by atoms with Crippen LogP contribution in [0.4, 0.5) is 0 Å². The van der Waals surface area contributed by atoms with Crippen LogP contribution in [0.3, 0.4) is 0 Å². The van der Waals surface area contributed by atoms with Crippen molar-refractivity contribution in [2.75, 3.05) is 26.2 Å². The number of hydrogen-bond acceptors (Lipinski definition) is 2. The number of hydrogen-bond donors (Lipinski definition) is 1. The molecule has 0 bridgehead atoms. The summed E-state index contributed by atoms with van der Waals surface area (Å²) in [5.74, 6) is 0.225. The molecular formula is C15H23N3O. The SMILES string of the molecule is O=C(c1cccn1C1CCNCC1)N1CCCCC1. The van der Waals surface area contributed by atoms with Gasteiger partial charge in [-0.05, 0) is 57.3 Å². The summed E-state index contributed by atoms with van der Waals surface area (Å²) < 4.78 is 2.21. The molecule has 1 N–H and O–H groups in total. The molecule has 0 aromatic carbocycles. The second-order valence-corrected chi connectivity index (χ2v) is 5.63. The highest BCUT2D eigenvalue weighted by Gasteiger charge is 2.24. The van der Waals surface area contributed by atoms with E-state index in [0.717, 1.165) is 57.6 Å². The molecule has 4 nitrogen and oxygen atoms in total. The molecule has 2 aliphatic rings. The second-order valence-electron chi connectivity index (χ2n) is 5.63. The Balaban J connectivity index is 1.76. The fraction of sp³-hybridized carbons (Fsp3) is 0.667. The summed E-state index contributed by atoms with van der Waals surface area (Å²) >= 11 is 0. The van der Waals surface area contributed by atoms with E-state index in [0.29, 0.717) is 6.04 Å². The van der Waals surface area contributed by atoms with Crippen LogP contribution in [-0.2, 0) is 0 Å². The van der Waals surface area contributed by atoms with Gasteiger partial charge in [0.05, 0.1) is 0 Å². The van der Waals surface area contributed by atoms with Gasteiger partial charge >= 0.3 is 0 Å². The van der Waals surface area contributed by atoms with Crippen molar-refractivity contribution < 1.29 is 4.79 Å². The normalized spacial score (nSPS) is 21.6. The van der Waals surface area contributed by atoms with Crippen molar-refractivity contribution >= 4 is 5.91 Å². The van der Waals surface area contributed by atoms with Crippen LogP contribution in [0.5, 0.6) is 0 Å². The molecule has 2 fully saturated rings. The Morgan fingerprint density at radius 3 is 2.63 bits per heavy atom. The quantitative estimate of drug-likeness (QED) is 0.884. The first-order chi connectivity index (χ1) is 9.36. The molecule has 0 unspecified atom stereocenters. The van der Waals surface area contributed by atoms with Crippen LogP contribution in [0.2, 0.25) is 0 Å². The number of rotatable bonds is 2. The Kier molecular flexibility index (Phi) is 3.87. The van der Waals surface area contributed by atoms with Crippen LogP contribution in [0.25, 0.3) is 0 Å². The number of carbonyl (C=O) groups excluding carboxylic acids is 1. The molecule has 0 radical (unpaired) electrons. The number of nitrogens with zero attached hydrogens (tertiary/aromatic N) is 2. The zero-order valence-corrected chi connectivity index (χ0v) is 11.5. The zero-order valence-electron chi connectivity index (χ0n) is 11.5. The van der Waals surface area contributed by atoms with Crippen molar-refractivity contribution in [1.82, 2.24) is 14.8 Å². The van der Waals surface area contributed by atoms with E-state index >= 15 is 0 Å². The summed E-state index contributed by atoms with van der Waals surface area (Å²) in [7, 11) is 0. The van der Waals surface area contributed by atoms with Gasteiger partial charge in [-0.1, -0.05) is 0 Å². The third kappa shape index (κ3) is 2.68. The summed E-state index contributed by atoms with van der Waals surface area (Å²) in [4.78, 5) is 14.6. The molecule has 0 spiro atoms. The maximum Gasteiger partial charge on any atom is 0.270 e. The molecule has 0 atom stereocenters. The Bertz CT molecular complexity index is 428. The van der Waals surface area contributed by atoms with Gasteiger partial charge in [0, 0.05) is 25.3 Å². The molecule has 4 heteroatoms. The largest absolute Gasteiger partial charge is 0.340 e. The van der Waals surface area contributed by atoms with Crippen molar-refractivity contribution in [3.05, 3.63) is 24.0 Å². The molecule has 1 aromatic rings. The van der Waals surface area contributed by atoms with Gasteiger partial charge in [-0.2, -0.15) is 0 Å². The average Bonchev–Trinajstić information content (AvgIpc) is 2.98. The first kappa shape index (κ1) is 12.7. The summed E-state index contributed by atoms with van der Waals surface area (Å²) in [6.45, 7) is 3.97. The summed E-state index contributed by atoms with van der Waals surface area (Å²) in [5, 5.41) is 3.38. The number of piperidine rings is 2. The minimum Gasteiger partial charge on any atom is -0.340 e. The molecule has 2 aliphatic heterocycles. The molecule has 2 saturated heterocycles. The van der Waals surface area contributed by atoms with Gasteiger partial charge in [-0.25, -0.2) is 0 Å². The van der Waals surface area contributed by atoms with Crippen molar-refractivity contribution in [2.24, 2.45) is 0 Å². The number of amides is 1. The van der Waals surface area contributed by atoms with Crippen molar-refractivity contribution in [2.45, 2.75) is 38.1 Å². The van der Waals surface area contributed by atoms with E-state index in [2.05, 4.69) is 16.1 Å². The Morgan fingerprint density at radius 1 is 1.16 bits per heavy atom. The van der Waals surface area contributed by atoms with E-state index in [9.17, 15) is 4.79 Å². The van der Waals surface area contributed by atoms with Crippen molar-refractivity contribution in [3.63, 3.8) is 0 Å². The number of nitrogens with one attached hydrogen (secondary N) is 1. The summed E-state index contributed by atoms with van der Waals surface area (Å²) in [5.41, 5.74) is 0.883. The molecule has 0 aliphatic carbocycles. The van der Waals surface area contributed by atoms with Gasteiger partial charge in [0.1, 0.15) is 5.69 Å². The van der Waals surface area contributed by atoms with Gasteiger partial charge in [0.2, 0.25) is 0 Å². The minimum atomic E-state index is 0.225. The van der Waals surface area contributed by atoms with E-state index in [1.165, 1.54) is 6.42 Å². The van der Waals surface area contributed by atoms with Crippen LogP contribution in [0.15, 0.2) is 18.3 Å². The van der Waals surface area contributed by atoms with Crippen LogP contribution < -0.4 is 5.32 Å². The molecule has 104 valence electrons. The lowest BCUT2D eigenvalue weighted by molar-refractivity contribution is 0.0709. The van der Waals surface area contributed by atoms with Gasteiger partial charge in [0.25, 0.3) is 5.91 Å². The van der Waals surface area contributed by atoms with E-state index in [-0.39, 0.29) is 5.91 Å². The number of aromatic nitrogens is 1. The highest BCUT2D eigenvalue weighted by molar-refractivity contribution is 5.92. The number of carbonyl (C=O) groups is 1. The lowest BCUT2D eigenvalue weighted by Gasteiger charge is -2.30. The zero-order chi connectivity index (χ0) is 13.1. The predicted molar refractivity (Wildman–Crippen MR) is 75.3 cm³/mol. The Hall–Kier alpha value is -1.29. The molecule has 1 aromatic heterocycles. The fourth-order valence-corrected chi connectivity index (χ4v) is 3.24. The van der Waals surface area contributed by atoms with Gasteiger partial charge in [-0.15, -0.1) is 0 Å². The molecule has 3 heterocycles. The first-order valence-electron chi connectivity index (χ1n) is 7.53. The highest BCUT2D eigenvalue weighted by atomic mass is 16.2. The lowest BCUT2D eigenvalue weighted by Crippen LogP contribution is -2.38. The molecule has 0 saturated carbocycles. The smallest absolute Gasteiger partial charge is 0.270 e. The van der Waals surface area contributed by atoms with Crippen LogP contribution in [-0.4, -0.2) is 41.6 Å². The summed E-state index contributed by atoms with van der Waals surface area (Å²) in [6, 6.07) is 4.48.